The molecule has 0 unspecified atom stereocenters. The maximum atomic E-state index is 5.74. The van der Waals surface area contributed by atoms with Gasteiger partial charge in [0.15, 0.2) is 0 Å². The van der Waals surface area contributed by atoms with Crippen molar-refractivity contribution in [2.75, 3.05) is 6.54 Å². The summed E-state index contributed by atoms with van der Waals surface area (Å²) in [6.07, 6.45) is 5.64. The highest BCUT2D eigenvalue weighted by atomic mass is 16.3. The van der Waals surface area contributed by atoms with E-state index in [1.807, 2.05) is 36.1 Å². The predicted molar refractivity (Wildman–Crippen MR) is 66.7 cm³/mol. The molecule has 2 rings (SSSR count). The lowest BCUT2D eigenvalue weighted by Crippen LogP contribution is -2.13. The summed E-state index contributed by atoms with van der Waals surface area (Å²) >= 11 is 0. The molecule has 0 saturated heterocycles. The first-order chi connectivity index (χ1) is 8.29. The van der Waals surface area contributed by atoms with E-state index in [4.69, 9.17) is 4.42 Å². The van der Waals surface area contributed by atoms with E-state index in [9.17, 15) is 0 Å². The van der Waals surface area contributed by atoms with Gasteiger partial charge in [-0.15, -0.1) is 0 Å². The first-order valence-electron chi connectivity index (χ1n) is 6.04. The molecule has 0 aliphatic heterocycles. The highest BCUT2D eigenvalue weighted by Gasteiger charge is 2.06. The van der Waals surface area contributed by atoms with Crippen LogP contribution in [-0.4, -0.2) is 16.1 Å². The number of hydrogen-bond donors (Lipinski definition) is 1. The van der Waals surface area contributed by atoms with Crippen LogP contribution in [0.5, 0.6) is 0 Å². The van der Waals surface area contributed by atoms with Gasteiger partial charge >= 0.3 is 0 Å². The molecule has 92 valence electrons. The number of rotatable bonds is 6. The van der Waals surface area contributed by atoms with Gasteiger partial charge in [0.05, 0.1) is 13.0 Å². The molecule has 0 bridgehead atoms. The third kappa shape index (κ3) is 3.20. The number of imidazole rings is 1. The van der Waals surface area contributed by atoms with Crippen LogP contribution in [0.2, 0.25) is 0 Å². The Hall–Kier alpha value is -1.55. The number of aryl methyl sites for hydroxylation is 1. The Balaban J connectivity index is 1.92. The summed E-state index contributed by atoms with van der Waals surface area (Å²) in [5, 5.41) is 3.32. The van der Waals surface area contributed by atoms with Crippen LogP contribution in [-0.2, 0) is 20.0 Å². The third-order valence-electron chi connectivity index (χ3n) is 2.70. The molecule has 0 aliphatic carbocycles. The Labute approximate surface area is 102 Å². The SMILES string of the molecule is CCCNCc1ccc(Cc2nccn2C)o1. The van der Waals surface area contributed by atoms with Gasteiger partial charge in [0, 0.05) is 19.4 Å². The van der Waals surface area contributed by atoms with Crippen molar-refractivity contribution in [1.29, 1.82) is 0 Å². The van der Waals surface area contributed by atoms with Crippen LogP contribution in [0, 0.1) is 0 Å². The fourth-order valence-corrected chi connectivity index (χ4v) is 1.72. The molecule has 1 N–H and O–H groups in total. The predicted octanol–water partition coefficient (Wildman–Crippen LogP) is 2.10. The van der Waals surface area contributed by atoms with E-state index >= 15 is 0 Å². The number of nitrogens with zero attached hydrogens (tertiary/aromatic N) is 2. The molecule has 2 aromatic rings. The summed E-state index contributed by atoms with van der Waals surface area (Å²) in [6.45, 7) is 3.98. The monoisotopic (exact) mass is 233 g/mol. The second kappa shape index (κ2) is 5.68. The van der Waals surface area contributed by atoms with Gasteiger partial charge in [-0.1, -0.05) is 6.92 Å². The van der Waals surface area contributed by atoms with Gasteiger partial charge < -0.3 is 14.3 Å². The van der Waals surface area contributed by atoms with E-state index in [2.05, 4.69) is 17.2 Å². The molecule has 0 atom stereocenters. The second-order valence-electron chi connectivity index (χ2n) is 4.18. The molecule has 0 amide bonds. The summed E-state index contributed by atoms with van der Waals surface area (Å²) in [4.78, 5) is 4.28. The summed E-state index contributed by atoms with van der Waals surface area (Å²) in [7, 11) is 2.00. The van der Waals surface area contributed by atoms with Crippen molar-refractivity contribution in [1.82, 2.24) is 14.9 Å². The molecule has 4 heteroatoms. The van der Waals surface area contributed by atoms with Gasteiger partial charge in [0.2, 0.25) is 0 Å². The van der Waals surface area contributed by atoms with Crippen LogP contribution >= 0.6 is 0 Å². The fraction of sp³-hybridized carbons (Fsp3) is 0.462. The molecule has 0 radical (unpaired) electrons. The number of nitrogens with one attached hydrogen (secondary N) is 1. The summed E-state index contributed by atoms with van der Waals surface area (Å²) < 4.78 is 7.75. The summed E-state index contributed by atoms with van der Waals surface area (Å²) in [6, 6.07) is 4.05. The lowest BCUT2D eigenvalue weighted by molar-refractivity contribution is 0.450. The Morgan fingerprint density at radius 2 is 2.18 bits per heavy atom. The minimum absolute atomic E-state index is 0.747. The molecule has 0 aromatic carbocycles. The first-order valence-corrected chi connectivity index (χ1v) is 6.04. The molecule has 0 aliphatic rings. The molecule has 4 nitrogen and oxygen atoms in total. The number of hydrogen-bond acceptors (Lipinski definition) is 3. The lowest BCUT2D eigenvalue weighted by atomic mass is 10.3. The standard InChI is InChI=1S/C13H19N3O/c1-3-6-14-10-12-5-4-11(17-12)9-13-15-7-8-16(13)2/h4-5,7-8,14H,3,6,9-10H2,1-2H3. The fourth-order valence-electron chi connectivity index (χ4n) is 1.72. The van der Waals surface area contributed by atoms with Crippen molar-refractivity contribution in [3.05, 3.63) is 41.9 Å². The zero-order valence-corrected chi connectivity index (χ0v) is 10.4. The summed E-state index contributed by atoms with van der Waals surface area (Å²) in [5.74, 6) is 2.97. The maximum absolute atomic E-state index is 5.74. The molecule has 0 fully saturated rings. The van der Waals surface area contributed by atoms with Crippen LogP contribution in [0.25, 0.3) is 0 Å². The minimum Gasteiger partial charge on any atom is -0.464 e. The normalized spacial score (nSPS) is 10.9. The Morgan fingerprint density at radius 1 is 1.35 bits per heavy atom. The van der Waals surface area contributed by atoms with Crippen LogP contribution < -0.4 is 5.32 Å². The zero-order valence-electron chi connectivity index (χ0n) is 10.4. The molecular formula is C13H19N3O. The van der Waals surface area contributed by atoms with Crippen molar-refractivity contribution in [2.24, 2.45) is 7.05 Å². The quantitative estimate of drug-likeness (QED) is 0.777. The summed E-state index contributed by atoms with van der Waals surface area (Å²) in [5.41, 5.74) is 0. The topological polar surface area (TPSA) is 43.0 Å². The zero-order chi connectivity index (χ0) is 12.1. The highest BCUT2D eigenvalue weighted by molar-refractivity contribution is 5.12. The largest absolute Gasteiger partial charge is 0.464 e. The molecule has 0 saturated carbocycles. The maximum Gasteiger partial charge on any atom is 0.117 e. The van der Waals surface area contributed by atoms with Gasteiger partial charge in [-0.25, -0.2) is 4.98 Å². The number of aromatic nitrogens is 2. The van der Waals surface area contributed by atoms with Gasteiger partial charge in [-0.2, -0.15) is 0 Å². The lowest BCUT2D eigenvalue weighted by Gasteiger charge is -2.00. The smallest absolute Gasteiger partial charge is 0.117 e. The van der Waals surface area contributed by atoms with Crippen molar-refractivity contribution in [3.63, 3.8) is 0 Å². The van der Waals surface area contributed by atoms with E-state index in [1.54, 1.807) is 0 Å². The van der Waals surface area contributed by atoms with E-state index < -0.39 is 0 Å². The molecule has 17 heavy (non-hydrogen) atoms. The third-order valence-corrected chi connectivity index (χ3v) is 2.70. The average Bonchev–Trinajstić information content (AvgIpc) is 2.91. The van der Waals surface area contributed by atoms with Crippen LogP contribution in [0.4, 0.5) is 0 Å². The Morgan fingerprint density at radius 3 is 2.88 bits per heavy atom. The molecule has 0 spiro atoms. The minimum atomic E-state index is 0.747. The van der Waals surface area contributed by atoms with E-state index in [1.165, 1.54) is 0 Å². The molecular weight excluding hydrogens is 214 g/mol. The van der Waals surface area contributed by atoms with E-state index in [0.29, 0.717) is 0 Å². The van der Waals surface area contributed by atoms with Crippen LogP contribution in [0.3, 0.4) is 0 Å². The van der Waals surface area contributed by atoms with Crippen molar-refractivity contribution in [3.8, 4) is 0 Å². The van der Waals surface area contributed by atoms with Crippen LogP contribution in [0.1, 0.15) is 30.7 Å². The number of furan rings is 1. The van der Waals surface area contributed by atoms with Crippen LogP contribution in [0.15, 0.2) is 28.9 Å². The van der Waals surface area contributed by atoms with Gasteiger partial charge in [0.25, 0.3) is 0 Å². The Kier molecular flexibility index (Phi) is 3.98. The van der Waals surface area contributed by atoms with Gasteiger partial charge in [-0.05, 0) is 25.1 Å². The van der Waals surface area contributed by atoms with Crippen molar-refractivity contribution >= 4 is 0 Å². The second-order valence-corrected chi connectivity index (χ2v) is 4.18. The Bertz CT molecular complexity index is 459. The van der Waals surface area contributed by atoms with Crippen molar-refractivity contribution in [2.45, 2.75) is 26.3 Å². The van der Waals surface area contributed by atoms with E-state index in [-0.39, 0.29) is 0 Å². The average molecular weight is 233 g/mol. The van der Waals surface area contributed by atoms with Crippen molar-refractivity contribution < 1.29 is 4.42 Å². The highest BCUT2D eigenvalue weighted by Crippen LogP contribution is 2.11. The molecule has 2 heterocycles. The first kappa shape index (κ1) is 11.9. The molecule has 2 aromatic heterocycles. The van der Waals surface area contributed by atoms with Gasteiger partial charge in [0.1, 0.15) is 17.3 Å². The van der Waals surface area contributed by atoms with E-state index in [0.717, 1.165) is 43.3 Å². The van der Waals surface area contributed by atoms with Gasteiger partial charge in [-0.3, -0.25) is 0 Å².